The first-order valence-electron chi connectivity index (χ1n) is 11.3. The molecular formula is C31H23F3. The number of rotatable bonds is 5. The molecule has 0 N–H and O–H groups in total. The van der Waals surface area contributed by atoms with Crippen molar-refractivity contribution in [2.75, 3.05) is 0 Å². The molecule has 0 saturated carbocycles. The lowest BCUT2D eigenvalue weighted by atomic mass is 9.73. The van der Waals surface area contributed by atoms with Gasteiger partial charge in [-0.1, -0.05) is 121 Å². The molecule has 34 heavy (non-hydrogen) atoms. The highest BCUT2D eigenvalue weighted by Crippen LogP contribution is 2.44. The molecular weight excluding hydrogens is 429 g/mol. The summed E-state index contributed by atoms with van der Waals surface area (Å²) in [4.78, 5) is 0. The Morgan fingerprint density at radius 3 is 1.53 bits per heavy atom. The number of benzene rings is 5. The van der Waals surface area contributed by atoms with Gasteiger partial charge in [-0.2, -0.15) is 13.2 Å². The van der Waals surface area contributed by atoms with E-state index in [1.807, 2.05) is 72.8 Å². The molecule has 5 aromatic rings. The molecule has 0 radical (unpaired) electrons. The van der Waals surface area contributed by atoms with Crippen molar-refractivity contribution in [3.63, 3.8) is 0 Å². The first-order chi connectivity index (χ1) is 16.5. The van der Waals surface area contributed by atoms with Crippen molar-refractivity contribution in [2.24, 2.45) is 0 Å². The molecule has 0 aliphatic carbocycles. The molecule has 1 atom stereocenters. The third kappa shape index (κ3) is 4.47. The Hall–Kier alpha value is -3.85. The fourth-order valence-electron chi connectivity index (χ4n) is 4.79. The summed E-state index contributed by atoms with van der Waals surface area (Å²) in [5.41, 5.74) is 3.11. The number of fused-ring (bicyclic) bond motifs is 1. The minimum Gasteiger partial charge on any atom is -0.166 e. The zero-order valence-corrected chi connectivity index (χ0v) is 18.4. The quantitative estimate of drug-likeness (QED) is 0.250. The van der Waals surface area contributed by atoms with Crippen LogP contribution in [0.1, 0.15) is 39.7 Å². The molecule has 0 saturated heterocycles. The highest BCUT2D eigenvalue weighted by Gasteiger charge is 2.33. The van der Waals surface area contributed by atoms with Gasteiger partial charge in [0.15, 0.2) is 0 Å². The summed E-state index contributed by atoms with van der Waals surface area (Å²) >= 11 is 0. The number of hydrogen-bond donors (Lipinski definition) is 0. The second-order valence-corrected chi connectivity index (χ2v) is 8.51. The smallest absolute Gasteiger partial charge is 0.166 e. The van der Waals surface area contributed by atoms with Crippen molar-refractivity contribution < 1.29 is 13.2 Å². The number of halogens is 3. The van der Waals surface area contributed by atoms with Crippen LogP contribution in [0.5, 0.6) is 0 Å². The van der Waals surface area contributed by atoms with Crippen LogP contribution in [0, 0.1) is 0 Å². The van der Waals surface area contributed by atoms with Crippen molar-refractivity contribution in [1.29, 1.82) is 0 Å². The summed E-state index contributed by atoms with van der Waals surface area (Å²) in [7, 11) is 0. The van der Waals surface area contributed by atoms with Gasteiger partial charge in [0, 0.05) is 11.8 Å². The van der Waals surface area contributed by atoms with Crippen LogP contribution in [-0.2, 0) is 6.18 Å². The maximum atomic E-state index is 13.7. The van der Waals surface area contributed by atoms with Gasteiger partial charge < -0.3 is 0 Å². The van der Waals surface area contributed by atoms with E-state index in [9.17, 15) is 13.2 Å². The summed E-state index contributed by atoms with van der Waals surface area (Å²) in [6.45, 7) is 0. The average Bonchev–Trinajstić information content (AvgIpc) is 2.87. The highest BCUT2D eigenvalue weighted by atomic mass is 19.4. The third-order valence-electron chi connectivity index (χ3n) is 6.36. The Kier molecular flexibility index (Phi) is 5.93. The molecule has 0 fully saturated rings. The molecule has 1 unspecified atom stereocenters. The molecule has 5 rings (SSSR count). The number of alkyl halides is 3. The minimum absolute atomic E-state index is 0.160. The Balaban J connectivity index is 1.77. The third-order valence-corrected chi connectivity index (χ3v) is 6.36. The van der Waals surface area contributed by atoms with Crippen LogP contribution in [0.15, 0.2) is 127 Å². The zero-order valence-electron chi connectivity index (χ0n) is 18.4. The van der Waals surface area contributed by atoms with E-state index in [0.717, 1.165) is 33.5 Å². The molecule has 3 heteroatoms. The molecule has 0 aromatic heterocycles. The molecule has 0 amide bonds. The molecule has 0 spiro atoms. The van der Waals surface area contributed by atoms with Crippen LogP contribution in [0.25, 0.3) is 10.8 Å². The predicted octanol–water partition coefficient (Wildman–Crippen LogP) is 8.82. The van der Waals surface area contributed by atoms with E-state index in [0.29, 0.717) is 5.56 Å². The van der Waals surface area contributed by atoms with E-state index in [1.54, 1.807) is 0 Å². The van der Waals surface area contributed by atoms with Gasteiger partial charge in [0.2, 0.25) is 0 Å². The first-order valence-corrected chi connectivity index (χ1v) is 11.3. The van der Waals surface area contributed by atoms with E-state index in [2.05, 4.69) is 36.4 Å². The van der Waals surface area contributed by atoms with E-state index in [1.165, 1.54) is 12.1 Å². The molecule has 5 aromatic carbocycles. The fourth-order valence-corrected chi connectivity index (χ4v) is 4.79. The van der Waals surface area contributed by atoms with Gasteiger partial charge >= 0.3 is 6.18 Å². The normalized spacial score (nSPS) is 12.7. The maximum Gasteiger partial charge on any atom is 0.416 e. The molecule has 0 aliphatic heterocycles. The first kappa shape index (κ1) is 22.0. The van der Waals surface area contributed by atoms with Gasteiger partial charge in [0.1, 0.15) is 0 Å². The van der Waals surface area contributed by atoms with E-state index in [-0.39, 0.29) is 11.8 Å². The van der Waals surface area contributed by atoms with E-state index >= 15 is 0 Å². The second-order valence-electron chi connectivity index (χ2n) is 8.51. The lowest BCUT2D eigenvalue weighted by molar-refractivity contribution is -0.137. The average molecular weight is 453 g/mol. The Morgan fingerprint density at radius 1 is 0.412 bits per heavy atom. The Bertz CT molecular complexity index is 1350. The van der Waals surface area contributed by atoms with E-state index in [4.69, 9.17) is 0 Å². The maximum absolute atomic E-state index is 13.7. The van der Waals surface area contributed by atoms with Gasteiger partial charge in [-0.05, 0) is 39.1 Å². The summed E-state index contributed by atoms with van der Waals surface area (Å²) in [6, 6.07) is 40.1. The van der Waals surface area contributed by atoms with Gasteiger partial charge in [-0.15, -0.1) is 0 Å². The summed E-state index contributed by atoms with van der Waals surface area (Å²) in [5, 5.41) is 2.17. The number of hydrogen-bond acceptors (Lipinski definition) is 0. The van der Waals surface area contributed by atoms with Crippen LogP contribution in [-0.4, -0.2) is 0 Å². The van der Waals surface area contributed by atoms with Gasteiger partial charge in [-0.25, -0.2) is 0 Å². The lowest BCUT2D eigenvalue weighted by Crippen LogP contribution is -2.16. The fraction of sp³-hybridized carbons (Fsp3) is 0.0968. The Labute approximate surface area is 197 Å². The molecule has 0 bridgehead atoms. The predicted molar refractivity (Wildman–Crippen MR) is 132 cm³/mol. The van der Waals surface area contributed by atoms with Gasteiger partial charge in [0.25, 0.3) is 0 Å². The van der Waals surface area contributed by atoms with Crippen molar-refractivity contribution >= 4 is 10.8 Å². The van der Waals surface area contributed by atoms with Crippen LogP contribution in [0.3, 0.4) is 0 Å². The van der Waals surface area contributed by atoms with Gasteiger partial charge in [0.05, 0.1) is 5.56 Å². The standard InChI is InChI=1S/C31H23F3/c32-31(33,34)28-17-9-16-26(21-28)30(27-19-18-22-10-7-8-15-25(22)20-27)29(23-11-3-1-4-12-23)24-13-5-2-6-14-24/h1-21,29-30H. The second kappa shape index (κ2) is 9.18. The Morgan fingerprint density at radius 2 is 0.912 bits per heavy atom. The highest BCUT2D eigenvalue weighted by molar-refractivity contribution is 5.83. The molecule has 0 heterocycles. The van der Waals surface area contributed by atoms with Crippen LogP contribution in [0.2, 0.25) is 0 Å². The largest absolute Gasteiger partial charge is 0.416 e. The molecule has 0 nitrogen and oxygen atoms in total. The van der Waals surface area contributed by atoms with Crippen molar-refractivity contribution in [2.45, 2.75) is 18.0 Å². The van der Waals surface area contributed by atoms with Crippen LogP contribution < -0.4 is 0 Å². The molecule has 168 valence electrons. The van der Waals surface area contributed by atoms with Gasteiger partial charge in [-0.3, -0.25) is 0 Å². The zero-order chi connectivity index (χ0) is 23.5. The summed E-state index contributed by atoms with van der Waals surface area (Å²) in [5.74, 6) is -0.469. The lowest BCUT2D eigenvalue weighted by Gasteiger charge is -2.30. The molecule has 0 aliphatic rings. The van der Waals surface area contributed by atoms with Crippen molar-refractivity contribution in [3.05, 3.63) is 155 Å². The summed E-state index contributed by atoms with van der Waals surface area (Å²) in [6.07, 6.45) is -4.40. The summed E-state index contributed by atoms with van der Waals surface area (Å²) < 4.78 is 41.1. The monoisotopic (exact) mass is 452 g/mol. The SMILES string of the molecule is FC(F)(F)c1cccc(C(c2ccc3ccccc3c2)C(c2ccccc2)c2ccccc2)c1. The minimum atomic E-state index is -4.40. The van der Waals surface area contributed by atoms with Crippen molar-refractivity contribution in [1.82, 2.24) is 0 Å². The van der Waals surface area contributed by atoms with Crippen LogP contribution >= 0.6 is 0 Å². The topological polar surface area (TPSA) is 0 Å². The van der Waals surface area contributed by atoms with Crippen LogP contribution in [0.4, 0.5) is 13.2 Å². The van der Waals surface area contributed by atoms with E-state index < -0.39 is 11.7 Å². The van der Waals surface area contributed by atoms with Crippen molar-refractivity contribution in [3.8, 4) is 0 Å².